The third-order valence-electron chi connectivity index (χ3n) is 5.92. The highest BCUT2D eigenvalue weighted by molar-refractivity contribution is 8.00. The van der Waals surface area contributed by atoms with Crippen LogP contribution in [-0.2, 0) is 0 Å². The number of aromatic nitrogens is 1. The summed E-state index contributed by atoms with van der Waals surface area (Å²) in [4.78, 5) is 4.32. The number of halogens is 4. The smallest absolute Gasteiger partial charge is 0.302 e. The van der Waals surface area contributed by atoms with Gasteiger partial charge in [0.05, 0.1) is 22.6 Å². The molecule has 0 aliphatic carbocycles. The number of alkyl halides is 2. The van der Waals surface area contributed by atoms with Gasteiger partial charge in [0, 0.05) is 41.3 Å². The number of pyridine rings is 1. The Balaban J connectivity index is 1.75. The van der Waals surface area contributed by atoms with Crippen LogP contribution < -0.4 is 20.5 Å². The van der Waals surface area contributed by atoms with Crippen molar-refractivity contribution < 1.29 is 17.9 Å². The molecule has 0 aliphatic rings. The Bertz CT molecular complexity index is 1490. The van der Waals surface area contributed by atoms with E-state index < -0.39 is 11.9 Å². The van der Waals surface area contributed by atoms with E-state index in [4.69, 9.17) is 27.5 Å². The van der Waals surface area contributed by atoms with Crippen LogP contribution in [0.15, 0.2) is 72.9 Å². The first-order valence-corrected chi connectivity index (χ1v) is 13.0. The van der Waals surface area contributed by atoms with E-state index in [0.29, 0.717) is 38.7 Å². The number of nitrogens with zero attached hydrogens (tertiary/aromatic N) is 1. The van der Waals surface area contributed by atoms with Crippen molar-refractivity contribution >= 4 is 46.5 Å². The standard InChI is InChI=1S/C28H25ClF3N5OS/c1-15(16-6-9-20(30)10-7-16)38-23-13-18(8-11-22(23)37-39-28(31)32)25(33)24-26(35-2)21(14-36-27(24)34)17-4-3-5-19(29)12-17/h3-15,28,33,37H,1-2H3,(H3,34,35,36). The molecule has 0 saturated heterocycles. The second-order valence-corrected chi connectivity index (χ2v) is 9.68. The Morgan fingerprint density at radius 2 is 1.85 bits per heavy atom. The first kappa shape index (κ1) is 28.1. The lowest BCUT2D eigenvalue weighted by Crippen LogP contribution is -2.13. The van der Waals surface area contributed by atoms with Gasteiger partial charge in [0.15, 0.2) is 0 Å². The molecule has 1 aromatic heterocycles. The summed E-state index contributed by atoms with van der Waals surface area (Å²) in [6, 6.07) is 17.8. The number of rotatable bonds is 10. The Kier molecular flexibility index (Phi) is 8.88. The normalized spacial score (nSPS) is 11.8. The number of benzene rings is 3. The topological polar surface area (TPSA) is 96.0 Å². The number of hydrogen-bond donors (Lipinski definition) is 4. The Hall–Kier alpha value is -3.89. The molecule has 4 rings (SSSR count). The van der Waals surface area contributed by atoms with Crippen LogP contribution in [0.1, 0.15) is 29.7 Å². The lowest BCUT2D eigenvalue weighted by molar-refractivity contribution is 0.228. The highest BCUT2D eigenvalue weighted by atomic mass is 35.5. The van der Waals surface area contributed by atoms with Crippen molar-refractivity contribution in [2.24, 2.45) is 0 Å². The highest BCUT2D eigenvalue weighted by Gasteiger charge is 2.21. The first-order valence-electron chi connectivity index (χ1n) is 11.8. The molecule has 0 spiro atoms. The van der Waals surface area contributed by atoms with Crippen LogP contribution in [0.3, 0.4) is 0 Å². The average Bonchev–Trinajstić information content (AvgIpc) is 2.92. The van der Waals surface area contributed by atoms with Gasteiger partial charge in [-0.3, -0.25) is 5.41 Å². The van der Waals surface area contributed by atoms with Gasteiger partial charge in [0.1, 0.15) is 23.5 Å². The van der Waals surface area contributed by atoms with Crippen LogP contribution in [0, 0.1) is 11.2 Å². The molecule has 0 bridgehead atoms. The van der Waals surface area contributed by atoms with Crippen LogP contribution in [0.4, 0.5) is 30.4 Å². The van der Waals surface area contributed by atoms with Gasteiger partial charge in [0.2, 0.25) is 0 Å². The van der Waals surface area contributed by atoms with E-state index in [9.17, 15) is 13.2 Å². The molecular weight excluding hydrogens is 547 g/mol. The lowest BCUT2D eigenvalue weighted by Gasteiger charge is -2.21. The zero-order chi connectivity index (χ0) is 28.1. The van der Waals surface area contributed by atoms with Gasteiger partial charge >= 0.3 is 5.76 Å². The van der Waals surface area contributed by atoms with Crippen molar-refractivity contribution in [1.29, 1.82) is 5.41 Å². The van der Waals surface area contributed by atoms with Crippen molar-refractivity contribution in [3.8, 4) is 16.9 Å². The van der Waals surface area contributed by atoms with E-state index in [-0.39, 0.29) is 35.0 Å². The highest BCUT2D eigenvalue weighted by Crippen LogP contribution is 2.38. The fraction of sp³-hybridized carbons (Fsp3) is 0.143. The van der Waals surface area contributed by atoms with E-state index in [1.54, 1.807) is 62.6 Å². The molecule has 1 unspecified atom stereocenters. The summed E-state index contributed by atoms with van der Waals surface area (Å²) in [7, 11) is 1.72. The van der Waals surface area contributed by atoms with Crippen molar-refractivity contribution in [3.63, 3.8) is 0 Å². The molecule has 202 valence electrons. The van der Waals surface area contributed by atoms with Crippen molar-refractivity contribution in [3.05, 3.63) is 100 Å². The molecule has 4 aromatic rings. The second-order valence-electron chi connectivity index (χ2n) is 8.45. The largest absolute Gasteiger partial charge is 0.484 e. The van der Waals surface area contributed by atoms with Crippen LogP contribution in [0.5, 0.6) is 5.75 Å². The molecule has 1 atom stereocenters. The summed E-state index contributed by atoms with van der Waals surface area (Å²) >= 11 is 6.42. The molecule has 6 nitrogen and oxygen atoms in total. The summed E-state index contributed by atoms with van der Waals surface area (Å²) in [6.07, 6.45) is 1.06. The van der Waals surface area contributed by atoms with E-state index in [0.717, 1.165) is 5.56 Å². The van der Waals surface area contributed by atoms with Crippen LogP contribution in [0.25, 0.3) is 11.1 Å². The van der Waals surface area contributed by atoms with Gasteiger partial charge in [-0.25, -0.2) is 9.37 Å². The maximum absolute atomic E-state index is 13.4. The van der Waals surface area contributed by atoms with E-state index in [2.05, 4.69) is 15.0 Å². The molecule has 1 heterocycles. The Morgan fingerprint density at radius 3 is 2.51 bits per heavy atom. The molecule has 5 N–H and O–H groups in total. The van der Waals surface area contributed by atoms with Gasteiger partial charge in [-0.05, 0) is 54.4 Å². The molecule has 11 heteroatoms. The van der Waals surface area contributed by atoms with E-state index in [1.165, 1.54) is 12.1 Å². The predicted octanol–water partition coefficient (Wildman–Crippen LogP) is 8.00. The predicted molar refractivity (Wildman–Crippen MR) is 154 cm³/mol. The number of ether oxygens (including phenoxy) is 1. The number of nitrogens with two attached hydrogens (primary N) is 1. The average molecular weight is 572 g/mol. The molecule has 0 aliphatic heterocycles. The second kappa shape index (κ2) is 12.3. The van der Waals surface area contributed by atoms with E-state index >= 15 is 0 Å². The molecule has 0 amide bonds. The molecule has 0 radical (unpaired) electrons. The zero-order valence-corrected chi connectivity index (χ0v) is 22.5. The monoisotopic (exact) mass is 571 g/mol. The first-order chi connectivity index (χ1) is 18.7. The zero-order valence-electron chi connectivity index (χ0n) is 20.9. The van der Waals surface area contributed by atoms with Crippen molar-refractivity contribution in [2.45, 2.75) is 18.8 Å². The third-order valence-corrected chi connectivity index (χ3v) is 6.67. The van der Waals surface area contributed by atoms with Crippen LogP contribution in [0.2, 0.25) is 5.02 Å². The van der Waals surface area contributed by atoms with Gasteiger partial charge < -0.3 is 20.5 Å². The van der Waals surface area contributed by atoms with Gasteiger partial charge in [0.25, 0.3) is 0 Å². The minimum absolute atomic E-state index is 0.0422. The third kappa shape index (κ3) is 6.58. The SMILES string of the molecule is CNc1c(-c2cccc(Cl)c2)cnc(N)c1C(=N)c1ccc(NSC(F)F)c(OC(C)c2ccc(F)cc2)c1. The minimum atomic E-state index is -2.66. The number of anilines is 3. The molecular formula is C28H25ClF3N5OS. The summed E-state index contributed by atoms with van der Waals surface area (Å²) in [5, 5.41) is 12.7. The molecule has 0 fully saturated rings. The number of nitrogens with one attached hydrogen (secondary N) is 3. The lowest BCUT2D eigenvalue weighted by atomic mass is 9.96. The molecule has 3 aromatic carbocycles. The van der Waals surface area contributed by atoms with Gasteiger partial charge in [-0.1, -0.05) is 41.9 Å². The van der Waals surface area contributed by atoms with E-state index in [1.807, 2.05) is 12.1 Å². The molecule has 39 heavy (non-hydrogen) atoms. The fourth-order valence-corrected chi connectivity index (χ4v) is 4.59. The van der Waals surface area contributed by atoms with Crippen molar-refractivity contribution in [1.82, 2.24) is 4.98 Å². The maximum atomic E-state index is 13.4. The Morgan fingerprint density at radius 1 is 1.10 bits per heavy atom. The van der Waals surface area contributed by atoms with Crippen molar-refractivity contribution in [2.75, 3.05) is 22.8 Å². The van der Waals surface area contributed by atoms with Crippen LogP contribution >= 0.6 is 23.5 Å². The number of nitrogen functional groups attached to an aromatic ring is 1. The van der Waals surface area contributed by atoms with Gasteiger partial charge in [-0.15, -0.1) is 0 Å². The van der Waals surface area contributed by atoms with Gasteiger partial charge in [-0.2, -0.15) is 8.78 Å². The summed E-state index contributed by atoms with van der Waals surface area (Å²) in [5.41, 5.74) is 10.1. The maximum Gasteiger partial charge on any atom is 0.302 e. The summed E-state index contributed by atoms with van der Waals surface area (Å²) < 4.78 is 48.0. The number of hydrogen-bond acceptors (Lipinski definition) is 7. The Labute approximate surface area is 233 Å². The fourth-order valence-electron chi connectivity index (χ4n) is 4.02. The molecule has 0 saturated carbocycles. The minimum Gasteiger partial charge on any atom is -0.484 e. The van der Waals surface area contributed by atoms with Crippen LogP contribution in [-0.4, -0.2) is 23.5 Å². The quantitative estimate of drug-likeness (QED) is 0.114. The summed E-state index contributed by atoms with van der Waals surface area (Å²) in [6.45, 7) is 1.75. The summed E-state index contributed by atoms with van der Waals surface area (Å²) in [5.74, 6) is -2.69.